The molecule has 0 radical (unpaired) electrons. The maximum atomic E-state index is 13.2. The quantitative estimate of drug-likeness (QED) is 0.322. The van der Waals surface area contributed by atoms with Crippen molar-refractivity contribution < 1.29 is 9.34 Å². The van der Waals surface area contributed by atoms with Gasteiger partial charge in [-0.05, 0) is 42.5 Å². The van der Waals surface area contributed by atoms with Crippen LogP contribution in [0.4, 0.5) is 5.88 Å². The minimum Gasteiger partial charge on any atom is -0.401 e. The lowest BCUT2D eigenvalue weighted by molar-refractivity contribution is -0.402. The number of rotatable bonds is 4. The first kappa shape index (κ1) is 18.9. The van der Waals surface area contributed by atoms with Crippen LogP contribution in [0.25, 0.3) is 28.7 Å². The summed E-state index contributed by atoms with van der Waals surface area (Å²) in [6, 6.07) is 14.5. The summed E-state index contributed by atoms with van der Waals surface area (Å²) in [6.45, 7) is 0. The molecule has 4 aromatic rings. The van der Waals surface area contributed by atoms with Crippen LogP contribution < -0.4 is 5.56 Å². The highest BCUT2D eigenvalue weighted by molar-refractivity contribution is 6.37. The van der Waals surface area contributed by atoms with E-state index in [1.807, 2.05) is 0 Å². The summed E-state index contributed by atoms with van der Waals surface area (Å²) >= 11 is 12.6. The van der Waals surface area contributed by atoms with Gasteiger partial charge in [-0.1, -0.05) is 41.4 Å². The maximum absolute atomic E-state index is 13.2. The first-order valence-electron chi connectivity index (χ1n) is 8.34. The van der Waals surface area contributed by atoms with Crippen LogP contribution in [-0.2, 0) is 0 Å². The molecule has 0 atom stereocenters. The van der Waals surface area contributed by atoms with Crippen LogP contribution in [0.5, 0.6) is 0 Å². The molecule has 4 rings (SSSR count). The minimum atomic E-state index is -0.634. The Hall–Kier alpha value is -3.42. The fraction of sp³-hybridized carbons (Fsp3) is 0. The normalized spacial score (nSPS) is 11.4. The van der Waals surface area contributed by atoms with Crippen molar-refractivity contribution in [3.63, 3.8) is 0 Å². The van der Waals surface area contributed by atoms with E-state index in [1.165, 1.54) is 28.9 Å². The first-order valence-corrected chi connectivity index (χ1v) is 9.10. The van der Waals surface area contributed by atoms with Crippen molar-refractivity contribution in [2.45, 2.75) is 0 Å². The second-order valence-corrected chi connectivity index (χ2v) is 6.78. The highest BCUT2D eigenvalue weighted by Gasteiger charge is 2.16. The predicted octanol–water partition coefficient (Wildman–Crippen LogP) is 5.36. The van der Waals surface area contributed by atoms with Crippen LogP contribution in [0.15, 0.2) is 63.8 Å². The van der Waals surface area contributed by atoms with E-state index in [2.05, 4.69) is 4.98 Å². The van der Waals surface area contributed by atoms with Crippen LogP contribution in [0.3, 0.4) is 0 Å². The number of nitrogens with zero attached hydrogens (tertiary/aromatic N) is 3. The third-order valence-electron chi connectivity index (χ3n) is 4.15. The molecule has 0 saturated carbocycles. The number of fused-ring (bicyclic) bond motifs is 1. The Labute approximate surface area is 173 Å². The third-order valence-corrected chi connectivity index (χ3v) is 4.76. The van der Waals surface area contributed by atoms with Crippen molar-refractivity contribution in [3.05, 3.63) is 96.7 Å². The third kappa shape index (κ3) is 3.53. The smallest absolute Gasteiger partial charge is 0.401 e. The second-order valence-electron chi connectivity index (χ2n) is 5.96. The Morgan fingerprint density at radius 2 is 1.72 bits per heavy atom. The Bertz CT molecular complexity index is 1320. The van der Waals surface area contributed by atoms with Crippen molar-refractivity contribution in [3.8, 4) is 5.69 Å². The van der Waals surface area contributed by atoms with Crippen molar-refractivity contribution in [1.82, 2.24) is 9.55 Å². The van der Waals surface area contributed by atoms with Crippen LogP contribution in [0, 0.1) is 10.1 Å². The molecule has 0 fully saturated rings. The summed E-state index contributed by atoms with van der Waals surface area (Å²) in [7, 11) is 0. The number of furan rings is 1. The first-order chi connectivity index (χ1) is 14.0. The zero-order valence-corrected chi connectivity index (χ0v) is 16.1. The number of aromatic nitrogens is 2. The lowest BCUT2D eigenvalue weighted by Gasteiger charge is -2.14. The molecule has 144 valence electrons. The van der Waals surface area contributed by atoms with Gasteiger partial charge in [0.1, 0.15) is 16.5 Å². The Morgan fingerprint density at radius 1 is 1.00 bits per heavy atom. The van der Waals surface area contributed by atoms with E-state index in [1.54, 1.807) is 42.5 Å². The predicted molar refractivity (Wildman–Crippen MR) is 112 cm³/mol. The summed E-state index contributed by atoms with van der Waals surface area (Å²) in [5.41, 5.74) is 0.432. The van der Waals surface area contributed by atoms with Crippen molar-refractivity contribution in [2.75, 3.05) is 0 Å². The highest BCUT2D eigenvalue weighted by atomic mass is 35.5. The SMILES string of the molecule is O=c1c2ccccc2nc(/C=C/c2ccc([N+](=O)[O-])o2)n1-c1c(Cl)cccc1Cl. The van der Waals surface area contributed by atoms with Gasteiger partial charge in [-0.25, -0.2) is 4.98 Å². The topological polar surface area (TPSA) is 91.2 Å². The molecule has 0 aliphatic heterocycles. The Morgan fingerprint density at radius 3 is 2.41 bits per heavy atom. The Balaban J connectivity index is 1.96. The van der Waals surface area contributed by atoms with E-state index in [4.69, 9.17) is 27.6 Å². The maximum Gasteiger partial charge on any atom is 0.433 e. The van der Waals surface area contributed by atoms with Crippen LogP contribution in [-0.4, -0.2) is 14.5 Å². The standard InChI is InChI=1S/C20H11Cl2N3O4/c21-14-5-3-6-15(22)19(14)24-17(10-8-12-9-11-18(29-12)25(27)28)23-16-7-2-1-4-13(16)20(24)26/h1-11H/b10-8+. The van der Waals surface area contributed by atoms with E-state index in [9.17, 15) is 14.9 Å². The number of benzene rings is 2. The van der Waals surface area contributed by atoms with Gasteiger partial charge in [0.2, 0.25) is 0 Å². The van der Waals surface area contributed by atoms with Crippen LogP contribution >= 0.6 is 23.2 Å². The van der Waals surface area contributed by atoms with Crippen molar-refractivity contribution >= 4 is 52.1 Å². The van der Waals surface area contributed by atoms with E-state index < -0.39 is 4.92 Å². The monoisotopic (exact) mass is 427 g/mol. The molecule has 0 N–H and O–H groups in total. The molecule has 29 heavy (non-hydrogen) atoms. The molecule has 0 aliphatic carbocycles. The lowest BCUT2D eigenvalue weighted by atomic mass is 10.2. The van der Waals surface area contributed by atoms with Gasteiger partial charge < -0.3 is 4.42 Å². The molecule has 0 aliphatic rings. The molecule has 2 heterocycles. The zero-order chi connectivity index (χ0) is 20.5. The second kappa shape index (κ2) is 7.54. The number of hydrogen-bond acceptors (Lipinski definition) is 5. The number of hydrogen-bond donors (Lipinski definition) is 0. The van der Waals surface area contributed by atoms with Crippen molar-refractivity contribution in [2.24, 2.45) is 0 Å². The molecular weight excluding hydrogens is 417 g/mol. The van der Waals surface area contributed by atoms with Gasteiger partial charge in [0.05, 0.1) is 32.7 Å². The average molecular weight is 428 g/mol. The largest absolute Gasteiger partial charge is 0.433 e. The van der Waals surface area contributed by atoms with Gasteiger partial charge in [0.25, 0.3) is 5.56 Å². The summed E-state index contributed by atoms with van der Waals surface area (Å²) in [5, 5.41) is 11.7. The van der Waals surface area contributed by atoms with E-state index in [0.717, 1.165) is 0 Å². The van der Waals surface area contributed by atoms with E-state index in [-0.39, 0.29) is 33.1 Å². The fourth-order valence-electron chi connectivity index (χ4n) is 2.87. The molecule has 0 bridgehead atoms. The molecule has 7 nitrogen and oxygen atoms in total. The molecule has 0 amide bonds. The van der Waals surface area contributed by atoms with Gasteiger partial charge in [-0.2, -0.15) is 0 Å². The van der Waals surface area contributed by atoms with Gasteiger partial charge in [0.15, 0.2) is 0 Å². The van der Waals surface area contributed by atoms with Gasteiger partial charge in [-0.3, -0.25) is 19.5 Å². The number of para-hydroxylation sites is 2. The molecule has 0 spiro atoms. The average Bonchev–Trinajstić information content (AvgIpc) is 3.17. The summed E-state index contributed by atoms with van der Waals surface area (Å²) in [6.07, 6.45) is 2.99. The van der Waals surface area contributed by atoms with E-state index in [0.29, 0.717) is 16.6 Å². The summed E-state index contributed by atoms with van der Waals surface area (Å²) in [4.78, 5) is 27.9. The van der Waals surface area contributed by atoms with Gasteiger partial charge >= 0.3 is 5.88 Å². The molecule has 9 heteroatoms. The van der Waals surface area contributed by atoms with Crippen LogP contribution in [0.2, 0.25) is 10.0 Å². The zero-order valence-electron chi connectivity index (χ0n) is 14.6. The number of halogens is 2. The summed E-state index contributed by atoms with van der Waals surface area (Å²) in [5.74, 6) is 0.0846. The minimum absolute atomic E-state index is 0.232. The lowest BCUT2D eigenvalue weighted by Crippen LogP contribution is -2.23. The molecule has 2 aromatic heterocycles. The van der Waals surface area contributed by atoms with Crippen molar-refractivity contribution in [1.29, 1.82) is 0 Å². The molecule has 0 saturated heterocycles. The highest BCUT2D eigenvalue weighted by Crippen LogP contribution is 2.29. The van der Waals surface area contributed by atoms with E-state index >= 15 is 0 Å². The Kier molecular flexibility index (Phi) is 4.92. The van der Waals surface area contributed by atoms with Gasteiger partial charge in [0, 0.05) is 0 Å². The molecular formula is C20H11Cl2N3O4. The fourth-order valence-corrected chi connectivity index (χ4v) is 3.43. The molecule has 0 unspecified atom stereocenters. The summed E-state index contributed by atoms with van der Waals surface area (Å²) < 4.78 is 6.43. The number of nitro groups is 1. The van der Waals surface area contributed by atoms with Crippen LogP contribution in [0.1, 0.15) is 11.6 Å². The molecule has 2 aromatic carbocycles. The van der Waals surface area contributed by atoms with Gasteiger partial charge in [-0.15, -0.1) is 0 Å².